The summed E-state index contributed by atoms with van der Waals surface area (Å²) in [6.45, 7) is 3.47. The fourth-order valence-corrected chi connectivity index (χ4v) is 1.33. The molecule has 0 saturated heterocycles. The predicted octanol–water partition coefficient (Wildman–Crippen LogP) is -0.581. The molecule has 0 amide bonds. The van der Waals surface area contributed by atoms with Crippen molar-refractivity contribution in [3.8, 4) is 0 Å². The number of nitrogens with two attached hydrogens (primary N) is 1. The van der Waals surface area contributed by atoms with Gasteiger partial charge in [0.15, 0.2) is 18.5 Å². The van der Waals surface area contributed by atoms with Crippen molar-refractivity contribution < 1.29 is 23.6 Å². The Morgan fingerprint density at radius 3 is 2.76 bits per heavy atom. The lowest BCUT2D eigenvalue weighted by Gasteiger charge is -2.10. The summed E-state index contributed by atoms with van der Waals surface area (Å²) in [6.07, 6.45) is 4.25. The third kappa shape index (κ3) is 4.36. The Morgan fingerprint density at radius 1 is 1.53 bits per heavy atom. The average molecular weight is 241 g/mol. The van der Waals surface area contributed by atoms with Crippen molar-refractivity contribution in [2.75, 3.05) is 13.2 Å². The van der Waals surface area contributed by atoms with E-state index in [-0.39, 0.29) is 19.2 Å². The van der Waals surface area contributed by atoms with Crippen molar-refractivity contribution in [2.24, 2.45) is 5.73 Å². The van der Waals surface area contributed by atoms with Gasteiger partial charge in [0, 0.05) is 6.08 Å². The smallest absolute Gasteiger partial charge is 0.373 e. The zero-order chi connectivity index (χ0) is 12.8. The third-order valence-corrected chi connectivity index (χ3v) is 2.10. The molecule has 0 aromatic carbocycles. The zero-order valence-corrected chi connectivity index (χ0v) is 9.96. The molecular formula is C11H17N2O4+. The van der Waals surface area contributed by atoms with Gasteiger partial charge in [0.25, 0.3) is 0 Å². The number of hydrogen-bond donors (Lipinski definition) is 1. The van der Waals surface area contributed by atoms with Gasteiger partial charge >= 0.3 is 11.9 Å². The Kier molecular flexibility index (Phi) is 4.84. The Morgan fingerprint density at radius 2 is 2.24 bits per heavy atom. The maximum atomic E-state index is 11.5. The highest BCUT2D eigenvalue weighted by molar-refractivity contribution is 5.79. The Hall–Kier alpha value is -1.69. The summed E-state index contributed by atoms with van der Waals surface area (Å²) in [7, 11) is 0. The maximum absolute atomic E-state index is 11.5. The van der Waals surface area contributed by atoms with E-state index in [1.807, 2.05) is 0 Å². The van der Waals surface area contributed by atoms with Crippen LogP contribution in [0.25, 0.3) is 0 Å². The minimum absolute atomic E-state index is 0.0357. The lowest BCUT2D eigenvalue weighted by atomic mass is 10.4. The number of nitrogens with zero attached hydrogens (tertiary/aromatic N) is 1. The first-order chi connectivity index (χ1) is 8.02. The molecule has 0 spiro atoms. The summed E-state index contributed by atoms with van der Waals surface area (Å²) in [4.78, 5) is 22.7. The van der Waals surface area contributed by atoms with Crippen LogP contribution in [0.5, 0.6) is 0 Å². The topological polar surface area (TPSA) is 81.6 Å². The molecule has 0 saturated carbocycles. The molecule has 6 nitrogen and oxygen atoms in total. The standard InChI is InChI=1S/C11H17N2O4/c1-3-16-11(15)8(2)17-10(14)7-13-5-4-9(12)6-13/h4-6,8-9H,3,7,12H2,1-2H3/q+1. The molecule has 0 bridgehead atoms. The Bertz CT molecular complexity index is 362. The van der Waals surface area contributed by atoms with Crippen molar-refractivity contribution in [1.29, 1.82) is 0 Å². The first-order valence-electron chi connectivity index (χ1n) is 5.43. The summed E-state index contributed by atoms with van der Waals surface area (Å²) < 4.78 is 11.2. The van der Waals surface area contributed by atoms with Crippen LogP contribution in [0.15, 0.2) is 12.3 Å². The van der Waals surface area contributed by atoms with Crippen LogP contribution in [0.1, 0.15) is 13.8 Å². The summed E-state index contributed by atoms with van der Waals surface area (Å²) in [6, 6.07) is -0.176. The van der Waals surface area contributed by atoms with E-state index in [4.69, 9.17) is 15.2 Å². The highest BCUT2D eigenvalue weighted by atomic mass is 16.6. The SMILES string of the molecule is CCOC(=O)C(C)OC(=O)C[N+]1=CC(N)C=C1. The average Bonchev–Trinajstić information content (AvgIpc) is 2.64. The molecule has 1 aliphatic heterocycles. The number of rotatable bonds is 5. The summed E-state index contributed by atoms with van der Waals surface area (Å²) in [5.41, 5.74) is 5.58. The number of esters is 2. The molecule has 2 N–H and O–H groups in total. The van der Waals surface area contributed by atoms with Gasteiger partial charge in [0.05, 0.1) is 6.61 Å². The zero-order valence-electron chi connectivity index (χ0n) is 9.96. The van der Waals surface area contributed by atoms with Gasteiger partial charge in [-0.05, 0) is 13.8 Å². The highest BCUT2D eigenvalue weighted by Crippen LogP contribution is 1.98. The second-order valence-corrected chi connectivity index (χ2v) is 3.62. The fraction of sp³-hybridized carbons (Fsp3) is 0.545. The molecule has 1 rings (SSSR count). The number of carbonyl (C=O) groups excluding carboxylic acids is 2. The molecule has 1 aliphatic rings. The summed E-state index contributed by atoms with van der Waals surface area (Å²) in [5, 5.41) is 0. The first kappa shape index (κ1) is 13.4. The van der Waals surface area contributed by atoms with Crippen LogP contribution in [0.4, 0.5) is 0 Å². The van der Waals surface area contributed by atoms with Crippen LogP contribution in [0.2, 0.25) is 0 Å². The Labute approximate surface area is 99.7 Å². The molecule has 0 aromatic heterocycles. The molecule has 0 aliphatic carbocycles. The largest absolute Gasteiger partial charge is 0.463 e. The first-order valence-corrected chi connectivity index (χ1v) is 5.43. The molecule has 2 atom stereocenters. The van der Waals surface area contributed by atoms with E-state index >= 15 is 0 Å². The third-order valence-electron chi connectivity index (χ3n) is 2.10. The van der Waals surface area contributed by atoms with Crippen LogP contribution in [-0.2, 0) is 19.1 Å². The minimum Gasteiger partial charge on any atom is -0.463 e. The van der Waals surface area contributed by atoms with E-state index in [9.17, 15) is 9.59 Å². The predicted molar refractivity (Wildman–Crippen MR) is 60.5 cm³/mol. The number of carbonyl (C=O) groups is 2. The Balaban J connectivity index is 2.37. The minimum atomic E-state index is -0.886. The quantitative estimate of drug-likeness (QED) is 0.514. The van der Waals surface area contributed by atoms with E-state index in [1.165, 1.54) is 6.92 Å². The molecule has 0 radical (unpaired) electrons. The lowest BCUT2D eigenvalue weighted by Crippen LogP contribution is -2.30. The van der Waals surface area contributed by atoms with Crippen molar-refractivity contribution in [3.05, 3.63) is 12.3 Å². The van der Waals surface area contributed by atoms with Crippen molar-refractivity contribution in [2.45, 2.75) is 26.0 Å². The van der Waals surface area contributed by atoms with Crippen molar-refractivity contribution in [1.82, 2.24) is 0 Å². The molecular weight excluding hydrogens is 224 g/mol. The molecule has 17 heavy (non-hydrogen) atoms. The van der Waals surface area contributed by atoms with Crippen LogP contribution >= 0.6 is 0 Å². The van der Waals surface area contributed by atoms with Crippen molar-refractivity contribution in [3.63, 3.8) is 0 Å². The second kappa shape index (κ2) is 6.15. The van der Waals surface area contributed by atoms with E-state index < -0.39 is 18.0 Å². The molecule has 2 unspecified atom stereocenters. The van der Waals surface area contributed by atoms with Crippen LogP contribution in [0, 0.1) is 0 Å². The van der Waals surface area contributed by atoms with Gasteiger partial charge in [-0.2, -0.15) is 4.58 Å². The van der Waals surface area contributed by atoms with E-state index in [0.29, 0.717) is 0 Å². The molecule has 0 fully saturated rings. The van der Waals surface area contributed by atoms with E-state index in [0.717, 1.165) is 0 Å². The van der Waals surface area contributed by atoms with Gasteiger partial charge in [0.2, 0.25) is 6.54 Å². The highest BCUT2D eigenvalue weighted by Gasteiger charge is 2.22. The molecule has 6 heteroatoms. The van der Waals surface area contributed by atoms with Gasteiger partial charge in [-0.1, -0.05) is 0 Å². The van der Waals surface area contributed by atoms with Gasteiger partial charge in [0.1, 0.15) is 6.04 Å². The summed E-state index contributed by atoms with van der Waals surface area (Å²) in [5.74, 6) is -1.04. The monoisotopic (exact) mass is 241 g/mol. The van der Waals surface area contributed by atoms with Gasteiger partial charge in [-0.3, -0.25) is 0 Å². The van der Waals surface area contributed by atoms with Gasteiger partial charge < -0.3 is 15.2 Å². The van der Waals surface area contributed by atoms with E-state index in [1.54, 1.807) is 30.0 Å². The number of ether oxygens (including phenoxy) is 2. The second-order valence-electron chi connectivity index (χ2n) is 3.62. The van der Waals surface area contributed by atoms with E-state index in [2.05, 4.69) is 0 Å². The molecule has 1 heterocycles. The van der Waals surface area contributed by atoms with Crippen LogP contribution in [0.3, 0.4) is 0 Å². The fourth-order valence-electron chi connectivity index (χ4n) is 1.33. The van der Waals surface area contributed by atoms with Crippen LogP contribution < -0.4 is 5.73 Å². The van der Waals surface area contributed by atoms with Crippen molar-refractivity contribution >= 4 is 18.2 Å². The maximum Gasteiger partial charge on any atom is 0.373 e. The summed E-state index contributed by atoms with van der Waals surface area (Å²) >= 11 is 0. The van der Waals surface area contributed by atoms with Gasteiger partial charge in [-0.15, -0.1) is 0 Å². The van der Waals surface area contributed by atoms with Crippen LogP contribution in [-0.4, -0.2) is 48.0 Å². The normalized spacial score (nSPS) is 19.7. The van der Waals surface area contributed by atoms with Gasteiger partial charge in [-0.25, -0.2) is 9.59 Å². The number of hydrogen-bond acceptors (Lipinski definition) is 5. The molecule has 94 valence electrons. The lowest BCUT2D eigenvalue weighted by molar-refractivity contribution is -0.440. The molecule has 0 aromatic rings.